The van der Waals surface area contributed by atoms with Crippen molar-refractivity contribution in [3.8, 4) is 0 Å². The van der Waals surface area contributed by atoms with Gasteiger partial charge in [0.25, 0.3) is 0 Å². The van der Waals surface area contributed by atoms with Gasteiger partial charge in [-0.25, -0.2) is 8.42 Å². The van der Waals surface area contributed by atoms with Crippen LogP contribution in [-0.2, 0) is 9.84 Å². The maximum atomic E-state index is 11.6. The Kier molecular flexibility index (Phi) is 3.76. The summed E-state index contributed by atoms with van der Waals surface area (Å²) < 4.78 is 28.8. The predicted octanol–water partition coefficient (Wildman–Crippen LogP) is 2.75. The average Bonchev–Trinajstić information content (AvgIpc) is 2.77. The van der Waals surface area contributed by atoms with Crippen molar-refractivity contribution < 1.29 is 12.8 Å². The van der Waals surface area contributed by atoms with Crippen LogP contribution >= 0.6 is 0 Å². The Balaban J connectivity index is 2.31. The zero-order chi connectivity index (χ0) is 14.9. The lowest BCUT2D eigenvalue weighted by molar-refractivity contribution is 0.467. The summed E-state index contributed by atoms with van der Waals surface area (Å²) in [5.74, 6) is 1.60. The SMILES string of the molecule is Cc1ccc(C(C)Nc2cccc(S(C)(=O)=O)c2N)o1. The van der Waals surface area contributed by atoms with Crippen LogP contribution in [0.3, 0.4) is 0 Å². The number of nitrogens with two attached hydrogens (primary N) is 1. The molecule has 0 radical (unpaired) electrons. The fourth-order valence-electron chi connectivity index (χ4n) is 1.98. The van der Waals surface area contributed by atoms with E-state index in [1.54, 1.807) is 12.1 Å². The highest BCUT2D eigenvalue weighted by molar-refractivity contribution is 7.90. The zero-order valence-corrected chi connectivity index (χ0v) is 12.5. The van der Waals surface area contributed by atoms with Gasteiger partial charge in [0.05, 0.1) is 22.3 Å². The molecular weight excluding hydrogens is 276 g/mol. The molecule has 1 unspecified atom stereocenters. The number of nitrogens with one attached hydrogen (secondary N) is 1. The van der Waals surface area contributed by atoms with E-state index in [2.05, 4.69) is 5.32 Å². The van der Waals surface area contributed by atoms with Gasteiger partial charge in [-0.05, 0) is 38.1 Å². The van der Waals surface area contributed by atoms with Crippen LogP contribution in [0.25, 0.3) is 0 Å². The van der Waals surface area contributed by atoms with E-state index in [-0.39, 0.29) is 16.6 Å². The monoisotopic (exact) mass is 294 g/mol. The molecule has 0 aliphatic heterocycles. The zero-order valence-electron chi connectivity index (χ0n) is 11.7. The summed E-state index contributed by atoms with van der Waals surface area (Å²) in [6.07, 6.45) is 1.14. The number of para-hydroxylation sites is 1. The van der Waals surface area contributed by atoms with E-state index in [9.17, 15) is 8.42 Å². The molecule has 2 aromatic rings. The minimum absolute atomic E-state index is 0.110. The van der Waals surface area contributed by atoms with Gasteiger partial charge in [-0.15, -0.1) is 0 Å². The third-order valence-corrected chi connectivity index (χ3v) is 4.18. The van der Waals surface area contributed by atoms with Crippen LogP contribution in [0.4, 0.5) is 11.4 Å². The van der Waals surface area contributed by atoms with Crippen molar-refractivity contribution in [2.75, 3.05) is 17.3 Å². The molecule has 0 saturated heterocycles. The molecule has 1 atom stereocenters. The maximum Gasteiger partial charge on any atom is 0.177 e. The molecule has 3 N–H and O–H groups in total. The topological polar surface area (TPSA) is 85.3 Å². The highest BCUT2D eigenvalue weighted by atomic mass is 32.2. The Hall–Kier alpha value is -1.95. The van der Waals surface area contributed by atoms with Crippen LogP contribution in [0.15, 0.2) is 39.6 Å². The minimum atomic E-state index is -3.34. The van der Waals surface area contributed by atoms with Gasteiger partial charge in [-0.2, -0.15) is 0 Å². The smallest absolute Gasteiger partial charge is 0.177 e. The van der Waals surface area contributed by atoms with Gasteiger partial charge in [-0.1, -0.05) is 6.07 Å². The standard InChI is InChI=1S/C14H18N2O3S/c1-9-7-8-12(19-9)10(2)16-11-5-4-6-13(14(11)15)20(3,17)18/h4-8,10,16H,15H2,1-3H3. The second-order valence-corrected chi connectivity index (χ2v) is 6.79. The van der Waals surface area contributed by atoms with Crippen molar-refractivity contribution in [3.63, 3.8) is 0 Å². The second kappa shape index (κ2) is 5.20. The lowest BCUT2D eigenvalue weighted by atomic mass is 10.2. The number of furan rings is 1. The van der Waals surface area contributed by atoms with E-state index < -0.39 is 9.84 Å². The number of nitrogen functional groups attached to an aromatic ring is 1. The number of hydrogen-bond donors (Lipinski definition) is 2. The molecule has 1 aromatic heterocycles. The summed E-state index contributed by atoms with van der Waals surface area (Å²) in [6, 6.07) is 8.55. The van der Waals surface area contributed by atoms with Crippen LogP contribution in [0.5, 0.6) is 0 Å². The highest BCUT2D eigenvalue weighted by Crippen LogP contribution is 2.30. The number of sulfone groups is 1. The number of anilines is 2. The lowest BCUT2D eigenvalue weighted by Gasteiger charge is -2.16. The van der Waals surface area contributed by atoms with E-state index >= 15 is 0 Å². The molecule has 0 spiro atoms. The predicted molar refractivity (Wildman–Crippen MR) is 79.4 cm³/mol. The normalized spacial score (nSPS) is 13.2. The molecule has 1 heterocycles. The van der Waals surface area contributed by atoms with Crippen molar-refractivity contribution in [3.05, 3.63) is 41.9 Å². The third-order valence-electron chi connectivity index (χ3n) is 3.03. The van der Waals surface area contributed by atoms with Crippen LogP contribution in [0.2, 0.25) is 0 Å². The Morgan fingerprint density at radius 1 is 1.25 bits per heavy atom. The Labute approximate surface area is 118 Å². The van der Waals surface area contributed by atoms with Crippen LogP contribution < -0.4 is 11.1 Å². The first-order valence-corrected chi connectivity index (χ1v) is 8.09. The first-order valence-electron chi connectivity index (χ1n) is 6.20. The molecule has 1 aromatic carbocycles. The van der Waals surface area contributed by atoms with Crippen LogP contribution in [0.1, 0.15) is 24.5 Å². The molecule has 0 aliphatic carbocycles. The van der Waals surface area contributed by atoms with Crippen LogP contribution in [-0.4, -0.2) is 14.7 Å². The molecule has 0 amide bonds. The first-order chi connectivity index (χ1) is 9.29. The summed E-state index contributed by atoms with van der Waals surface area (Å²) in [4.78, 5) is 0.130. The number of aryl methyl sites for hydroxylation is 1. The van der Waals surface area contributed by atoms with Crippen molar-refractivity contribution in [2.24, 2.45) is 0 Å². The van der Waals surface area contributed by atoms with E-state index in [4.69, 9.17) is 10.2 Å². The Morgan fingerprint density at radius 2 is 1.95 bits per heavy atom. The Morgan fingerprint density at radius 3 is 2.50 bits per heavy atom. The van der Waals surface area contributed by atoms with Gasteiger partial charge in [0.15, 0.2) is 9.84 Å². The first kappa shape index (κ1) is 14.5. The molecule has 6 heteroatoms. The summed E-state index contributed by atoms with van der Waals surface area (Å²) in [5, 5.41) is 3.17. The molecule has 20 heavy (non-hydrogen) atoms. The summed E-state index contributed by atoms with van der Waals surface area (Å²) in [7, 11) is -3.34. The minimum Gasteiger partial charge on any atom is -0.464 e. The van der Waals surface area contributed by atoms with E-state index in [0.717, 1.165) is 17.8 Å². The molecule has 0 bridgehead atoms. The fraction of sp³-hybridized carbons (Fsp3) is 0.286. The Bertz CT molecular complexity index is 720. The quantitative estimate of drug-likeness (QED) is 0.847. The van der Waals surface area contributed by atoms with E-state index in [1.165, 1.54) is 6.07 Å². The van der Waals surface area contributed by atoms with Gasteiger partial charge in [-0.3, -0.25) is 0 Å². The van der Waals surface area contributed by atoms with Crippen molar-refractivity contribution in [2.45, 2.75) is 24.8 Å². The van der Waals surface area contributed by atoms with E-state index in [0.29, 0.717) is 5.69 Å². The van der Waals surface area contributed by atoms with Crippen molar-refractivity contribution in [1.82, 2.24) is 0 Å². The summed E-state index contributed by atoms with van der Waals surface area (Å²) in [6.45, 7) is 3.79. The number of rotatable bonds is 4. The maximum absolute atomic E-state index is 11.6. The van der Waals surface area contributed by atoms with Crippen LogP contribution in [0, 0.1) is 6.92 Å². The fourth-order valence-corrected chi connectivity index (χ4v) is 2.82. The number of benzene rings is 1. The lowest BCUT2D eigenvalue weighted by Crippen LogP contribution is -2.10. The number of hydrogen-bond acceptors (Lipinski definition) is 5. The molecule has 2 rings (SSSR count). The molecule has 5 nitrogen and oxygen atoms in total. The summed E-state index contributed by atoms with van der Waals surface area (Å²) >= 11 is 0. The molecule has 0 aliphatic rings. The van der Waals surface area contributed by atoms with Crippen molar-refractivity contribution in [1.29, 1.82) is 0 Å². The van der Waals surface area contributed by atoms with Gasteiger partial charge in [0.2, 0.25) is 0 Å². The average molecular weight is 294 g/mol. The largest absolute Gasteiger partial charge is 0.464 e. The van der Waals surface area contributed by atoms with Gasteiger partial charge in [0, 0.05) is 6.26 Å². The van der Waals surface area contributed by atoms with Gasteiger partial charge in [0.1, 0.15) is 11.5 Å². The molecule has 0 fully saturated rings. The van der Waals surface area contributed by atoms with Gasteiger partial charge < -0.3 is 15.5 Å². The molecule has 108 valence electrons. The highest BCUT2D eigenvalue weighted by Gasteiger charge is 2.16. The van der Waals surface area contributed by atoms with E-state index in [1.807, 2.05) is 26.0 Å². The summed E-state index contributed by atoms with van der Waals surface area (Å²) in [5.41, 5.74) is 6.73. The molecular formula is C14H18N2O3S. The van der Waals surface area contributed by atoms with Gasteiger partial charge >= 0.3 is 0 Å². The third kappa shape index (κ3) is 2.96. The van der Waals surface area contributed by atoms with Crippen molar-refractivity contribution >= 4 is 21.2 Å². The molecule has 0 saturated carbocycles. The second-order valence-electron chi connectivity index (χ2n) is 4.80.